The third kappa shape index (κ3) is 2.70. The van der Waals surface area contributed by atoms with Crippen LogP contribution in [0.4, 0.5) is 13.2 Å². The van der Waals surface area contributed by atoms with Crippen LogP contribution in [-0.2, 0) is 4.79 Å². The molecule has 0 fully saturated rings. The van der Waals surface area contributed by atoms with Gasteiger partial charge in [0.2, 0.25) is 5.24 Å². The standard InChI is InChI=1S/C4H4ClF3O/c1-2(3(5)9)4(6,7)8/h2H,1H3. The molecule has 0 aromatic heterocycles. The lowest BCUT2D eigenvalue weighted by atomic mass is 10.2. The molecule has 0 radical (unpaired) electrons. The van der Waals surface area contributed by atoms with Gasteiger partial charge < -0.3 is 0 Å². The molecule has 0 heterocycles. The highest BCUT2D eigenvalue weighted by Gasteiger charge is 2.40. The van der Waals surface area contributed by atoms with Crippen LogP contribution in [0.3, 0.4) is 0 Å². The van der Waals surface area contributed by atoms with E-state index in [4.69, 9.17) is 0 Å². The Bertz CT molecular complexity index is 119. The molecule has 0 aliphatic heterocycles. The summed E-state index contributed by atoms with van der Waals surface area (Å²) >= 11 is 4.55. The van der Waals surface area contributed by atoms with Crippen LogP contribution in [-0.4, -0.2) is 11.4 Å². The molecule has 0 saturated carbocycles. The molecule has 0 bridgehead atoms. The van der Waals surface area contributed by atoms with Gasteiger partial charge in [-0.15, -0.1) is 0 Å². The molecule has 1 atom stereocenters. The number of halogens is 4. The first-order valence-corrected chi connectivity index (χ1v) is 2.49. The Balaban J connectivity index is 4.04. The number of hydrogen-bond donors (Lipinski definition) is 0. The third-order valence-electron chi connectivity index (χ3n) is 0.831. The largest absolute Gasteiger partial charge is 0.399 e. The minimum atomic E-state index is -4.50. The predicted molar refractivity (Wildman–Crippen MR) is 26.1 cm³/mol. The van der Waals surface area contributed by atoms with E-state index in [1.165, 1.54) is 0 Å². The van der Waals surface area contributed by atoms with E-state index in [0.717, 1.165) is 6.92 Å². The topological polar surface area (TPSA) is 17.1 Å². The van der Waals surface area contributed by atoms with Crippen molar-refractivity contribution in [1.82, 2.24) is 0 Å². The lowest BCUT2D eigenvalue weighted by Crippen LogP contribution is -2.24. The Labute approximate surface area is 54.8 Å². The third-order valence-corrected chi connectivity index (χ3v) is 1.16. The van der Waals surface area contributed by atoms with Crippen LogP contribution in [0.15, 0.2) is 0 Å². The lowest BCUT2D eigenvalue weighted by molar-refractivity contribution is -0.172. The van der Waals surface area contributed by atoms with Crippen molar-refractivity contribution in [1.29, 1.82) is 0 Å². The van der Waals surface area contributed by atoms with Crippen LogP contribution in [0.5, 0.6) is 0 Å². The van der Waals surface area contributed by atoms with Crippen molar-refractivity contribution >= 4 is 16.8 Å². The van der Waals surface area contributed by atoms with Crippen LogP contribution in [0, 0.1) is 5.92 Å². The number of hydrogen-bond acceptors (Lipinski definition) is 1. The maximum absolute atomic E-state index is 11.4. The summed E-state index contributed by atoms with van der Waals surface area (Å²) in [5.41, 5.74) is 0. The smallest absolute Gasteiger partial charge is 0.281 e. The van der Waals surface area contributed by atoms with Gasteiger partial charge in [-0.2, -0.15) is 13.2 Å². The van der Waals surface area contributed by atoms with Gasteiger partial charge >= 0.3 is 6.18 Å². The summed E-state index contributed by atoms with van der Waals surface area (Å²) in [7, 11) is 0. The van der Waals surface area contributed by atoms with Crippen molar-refractivity contribution in [2.45, 2.75) is 13.1 Å². The SMILES string of the molecule is CC(C(=O)Cl)C(F)(F)F. The second kappa shape index (κ2) is 2.56. The van der Waals surface area contributed by atoms with E-state index in [9.17, 15) is 18.0 Å². The molecule has 0 aliphatic carbocycles. The molecule has 0 saturated heterocycles. The molecule has 0 spiro atoms. The summed E-state index contributed by atoms with van der Waals surface area (Å²) in [6, 6.07) is 0. The monoisotopic (exact) mass is 160 g/mol. The Morgan fingerprint density at radius 1 is 1.56 bits per heavy atom. The van der Waals surface area contributed by atoms with Crippen molar-refractivity contribution in [3.05, 3.63) is 0 Å². The zero-order valence-electron chi connectivity index (χ0n) is 4.50. The average molecular weight is 161 g/mol. The van der Waals surface area contributed by atoms with Crippen LogP contribution in [0.25, 0.3) is 0 Å². The molecular formula is C4H4ClF3O. The van der Waals surface area contributed by atoms with Crippen molar-refractivity contribution in [3.63, 3.8) is 0 Å². The average Bonchev–Trinajstić information content (AvgIpc) is 1.62. The Kier molecular flexibility index (Phi) is 2.49. The summed E-state index contributed by atoms with van der Waals surface area (Å²) in [6.45, 7) is 0.718. The van der Waals surface area contributed by atoms with Crippen LogP contribution in [0.1, 0.15) is 6.92 Å². The van der Waals surface area contributed by atoms with Gasteiger partial charge in [0.05, 0.1) is 0 Å². The van der Waals surface area contributed by atoms with Crippen LogP contribution in [0.2, 0.25) is 0 Å². The minimum Gasteiger partial charge on any atom is -0.281 e. The highest BCUT2D eigenvalue weighted by atomic mass is 35.5. The van der Waals surface area contributed by atoms with E-state index >= 15 is 0 Å². The van der Waals surface area contributed by atoms with Crippen molar-refractivity contribution in [3.8, 4) is 0 Å². The maximum atomic E-state index is 11.4. The number of rotatable bonds is 1. The molecule has 0 rings (SSSR count). The maximum Gasteiger partial charge on any atom is 0.399 e. The molecule has 54 valence electrons. The predicted octanol–water partition coefficient (Wildman–Crippen LogP) is 1.95. The Morgan fingerprint density at radius 3 is 1.89 bits per heavy atom. The molecule has 1 nitrogen and oxygen atoms in total. The van der Waals surface area contributed by atoms with E-state index in [-0.39, 0.29) is 0 Å². The summed E-state index contributed by atoms with van der Waals surface area (Å²) in [4.78, 5) is 9.84. The van der Waals surface area contributed by atoms with Crippen LogP contribution >= 0.6 is 11.6 Å². The lowest BCUT2D eigenvalue weighted by Gasteiger charge is -2.09. The van der Waals surface area contributed by atoms with Gasteiger partial charge in [0, 0.05) is 0 Å². The zero-order valence-corrected chi connectivity index (χ0v) is 5.25. The van der Waals surface area contributed by atoms with Gasteiger partial charge in [0.15, 0.2) is 0 Å². The van der Waals surface area contributed by atoms with E-state index in [1.807, 2.05) is 0 Å². The minimum absolute atomic E-state index is 0.718. The molecule has 5 heteroatoms. The normalized spacial score (nSPS) is 15.2. The van der Waals surface area contributed by atoms with Gasteiger partial charge in [-0.3, -0.25) is 4.79 Å². The fraction of sp³-hybridized carbons (Fsp3) is 0.750. The van der Waals surface area contributed by atoms with Crippen LogP contribution < -0.4 is 0 Å². The first-order valence-electron chi connectivity index (χ1n) is 2.11. The molecule has 0 aromatic rings. The summed E-state index contributed by atoms with van der Waals surface area (Å²) in [6.07, 6.45) is -4.50. The molecular weight excluding hydrogens is 156 g/mol. The number of carbonyl (C=O) groups is 1. The Morgan fingerprint density at radius 2 is 1.89 bits per heavy atom. The quantitative estimate of drug-likeness (QED) is 0.536. The van der Waals surface area contributed by atoms with E-state index < -0.39 is 17.3 Å². The molecule has 1 unspecified atom stereocenters. The highest BCUT2D eigenvalue weighted by Crippen LogP contribution is 2.26. The van der Waals surface area contributed by atoms with Gasteiger partial charge in [0.1, 0.15) is 5.92 Å². The second-order valence-electron chi connectivity index (χ2n) is 1.57. The number of carbonyl (C=O) groups excluding carboxylic acids is 1. The van der Waals surface area contributed by atoms with Gasteiger partial charge in [-0.05, 0) is 18.5 Å². The van der Waals surface area contributed by atoms with Crippen molar-refractivity contribution in [2.24, 2.45) is 5.92 Å². The first kappa shape index (κ1) is 8.75. The molecule has 0 N–H and O–H groups in total. The number of alkyl halides is 3. The fourth-order valence-electron chi connectivity index (χ4n) is 0.129. The van der Waals surface area contributed by atoms with E-state index in [2.05, 4.69) is 11.6 Å². The second-order valence-corrected chi connectivity index (χ2v) is 1.94. The van der Waals surface area contributed by atoms with E-state index in [1.54, 1.807) is 0 Å². The fourth-order valence-corrected chi connectivity index (χ4v) is 0.252. The summed E-state index contributed by atoms with van der Waals surface area (Å²) in [5, 5.41) is -1.37. The molecule has 0 aromatic carbocycles. The zero-order chi connectivity index (χ0) is 7.65. The summed E-state index contributed by atoms with van der Waals surface area (Å²) in [5.74, 6) is -2.06. The molecule has 9 heavy (non-hydrogen) atoms. The molecule has 0 amide bonds. The Hall–Kier alpha value is -0.250. The molecule has 0 aliphatic rings. The van der Waals surface area contributed by atoms with Crippen molar-refractivity contribution in [2.75, 3.05) is 0 Å². The van der Waals surface area contributed by atoms with Crippen molar-refractivity contribution < 1.29 is 18.0 Å². The van der Waals surface area contributed by atoms with Gasteiger partial charge in [0.25, 0.3) is 0 Å². The van der Waals surface area contributed by atoms with Gasteiger partial charge in [-0.25, -0.2) is 0 Å². The van der Waals surface area contributed by atoms with E-state index in [0.29, 0.717) is 0 Å². The first-order chi connectivity index (χ1) is 3.85. The van der Waals surface area contributed by atoms with Gasteiger partial charge in [-0.1, -0.05) is 0 Å². The summed E-state index contributed by atoms with van der Waals surface area (Å²) < 4.78 is 34.2. The highest BCUT2D eigenvalue weighted by molar-refractivity contribution is 6.64.